The predicted octanol–water partition coefficient (Wildman–Crippen LogP) is 2.48. The average Bonchev–Trinajstić information content (AvgIpc) is 2.85. The lowest BCUT2D eigenvalue weighted by Gasteiger charge is -2.08. The molecule has 1 aromatic rings. The highest BCUT2D eigenvalue weighted by Gasteiger charge is 2.41. The third kappa shape index (κ3) is 1.93. The standard InChI is InChI=1S/C11H12F2O/c12-10(13)7-8-1-3-9(4-2-8)11(14)5-6-11/h1-4,10,14H,5-7H2. The van der Waals surface area contributed by atoms with Gasteiger partial charge in [-0.3, -0.25) is 0 Å². The maximum absolute atomic E-state index is 12.0. The predicted molar refractivity (Wildman–Crippen MR) is 49.3 cm³/mol. The molecule has 76 valence electrons. The molecule has 0 radical (unpaired) electrons. The van der Waals surface area contributed by atoms with Crippen molar-refractivity contribution in [1.82, 2.24) is 0 Å². The first-order chi connectivity index (χ1) is 6.60. The first-order valence-corrected chi connectivity index (χ1v) is 4.70. The largest absolute Gasteiger partial charge is 0.385 e. The van der Waals surface area contributed by atoms with E-state index in [0.29, 0.717) is 5.56 Å². The fourth-order valence-electron chi connectivity index (χ4n) is 1.54. The molecule has 1 aliphatic carbocycles. The van der Waals surface area contributed by atoms with E-state index < -0.39 is 12.0 Å². The Hall–Kier alpha value is -0.960. The van der Waals surface area contributed by atoms with E-state index in [-0.39, 0.29) is 6.42 Å². The maximum atomic E-state index is 12.0. The Bertz CT molecular complexity index is 315. The second-order valence-corrected chi connectivity index (χ2v) is 3.82. The molecule has 1 aromatic carbocycles. The zero-order valence-electron chi connectivity index (χ0n) is 7.71. The lowest BCUT2D eigenvalue weighted by molar-refractivity contribution is 0.148. The third-order valence-electron chi connectivity index (χ3n) is 2.60. The molecular weight excluding hydrogens is 186 g/mol. The van der Waals surface area contributed by atoms with Gasteiger partial charge < -0.3 is 5.11 Å². The topological polar surface area (TPSA) is 20.2 Å². The number of rotatable bonds is 3. The van der Waals surface area contributed by atoms with Gasteiger partial charge in [0.2, 0.25) is 6.43 Å². The molecule has 0 saturated heterocycles. The molecule has 1 nitrogen and oxygen atoms in total. The molecule has 0 atom stereocenters. The summed E-state index contributed by atoms with van der Waals surface area (Å²) >= 11 is 0. The van der Waals surface area contributed by atoms with Crippen LogP contribution in [0.25, 0.3) is 0 Å². The zero-order chi connectivity index (χ0) is 10.2. The molecule has 0 aromatic heterocycles. The fraction of sp³-hybridized carbons (Fsp3) is 0.455. The molecule has 0 spiro atoms. The van der Waals surface area contributed by atoms with Crippen LogP contribution in [0.15, 0.2) is 24.3 Å². The summed E-state index contributed by atoms with van der Waals surface area (Å²) in [6.45, 7) is 0. The third-order valence-corrected chi connectivity index (χ3v) is 2.60. The highest BCUT2D eigenvalue weighted by Crippen LogP contribution is 2.45. The molecule has 0 aliphatic heterocycles. The molecule has 3 heteroatoms. The van der Waals surface area contributed by atoms with Crippen molar-refractivity contribution in [2.45, 2.75) is 31.3 Å². The van der Waals surface area contributed by atoms with Crippen LogP contribution in [0.2, 0.25) is 0 Å². The SMILES string of the molecule is OC1(c2ccc(CC(F)F)cc2)CC1. The summed E-state index contributed by atoms with van der Waals surface area (Å²) in [5, 5.41) is 9.72. The summed E-state index contributed by atoms with van der Waals surface area (Å²) in [5.74, 6) is 0. The fourth-order valence-corrected chi connectivity index (χ4v) is 1.54. The molecule has 0 amide bonds. The van der Waals surface area contributed by atoms with E-state index in [1.165, 1.54) is 0 Å². The first kappa shape index (κ1) is 9.59. The van der Waals surface area contributed by atoms with E-state index >= 15 is 0 Å². The Labute approximate surface area is 81.4 Å². The number of hydrogen-bond acceptors (Lipinski definition) is 1. The quantitative estimate of drug-likeness (QED) is 0.791. The summed E-state index contributed by atoms with van der Waals surface area (Å²) in [7, 11) is 0. The van der Waals surface area contributed by atoms with Gasteiger partial charge in [0.05, 0.1) is 5.60 Å². The summed E-state index contributed by atoms with van der Waals surface area (Å²) in [5.41, 5.74) is 0.798. The van der Waals surface area contributed by atoms with Crippen molar-refractivity contribution >= 4 is 0 Å². The maximum Gasteiger partial charge on any atom is 0.242 e. The van der Waals surface area contributed by atoms with Crippen LogP contribution in [0.1, 0.15) is 24.0 Å². The number of alkyl halides is 2. The molecular formula is C11H12F2O. The molecule has 0 heterocycles. The summed E-state index contributed by atoms with van der Waals surface area (Å²) in [4.78, 5) is 0. The summed E-state index contributed by atoms with van der Waals surface area (Å²) in [6.07, 6.45) is -0.953. The van der Waals surface area contributed by atoms with E-state index in [4.69, 9.17) is 0 Å². The smallest absolute Gasteiger partial charge is 0.242 e. The van der Waals surface area contributed by atoms with Crippen LogP contribution in [0, 0.1) is 0 Å². The normalized spacial score (nSPS) is 18.6. The molecule has 0 bridgehead atoms. The second-order valence-electron chi connectivity index (χ2n) is 3.82. The van der Waals surface area contributed by atoms with Gasteiger partial charge in [-0.25, -0.2) is 8.78 Å². The number of hydrogen-bond donors (Lipinski definition) is 1. The lowest BCUT2D eigenvalue weighted by Crippen LogP contribution is -2.04. The van der Waals surface area contributed by atoms with E-state index in [2.05, 4.69) is 0 Å². The van der Waals surface area contributed by atoms with Crippen molar-refractivity contribution in [3.8, 4) is 0 Å². The van der Waals surface area contributed by atoms with Crippen LogP contribution >= 0.6 is 0 Å². The van der Waals surface area contributed by atoms with Gasteiger partial charge in [0.1, 0.15) is 0 Å². The summed E-state index contributed by atoms with van der Waals surface area (Å²) in [6, 6.07) is 6.81. The van der Waals surface area contributed by atoms with Crippen LogP contribution in [0.3, 0.4) is 0 Å². The minimum atomic E-state index is -2.30. The molecule has 1 N–H and O–H groups in total. The van der Waals surface area contributed by atoms with Crippen LogP contribution in [0.4, 0.5) is 8.78 Å². The van der Waals surface area contributed by atoms with Crippen molar-refractivity contribution < 1.29 is 13.9 Å². The van der Waals surface area contributed by atoms with Crippen LogP contribution < -0.4 is 0 Å². The van der Waals surface area contributed by atoms with Gasteiger partial charge in [0.15, 0.2) is 0 Å². The number of aliphatic hydroxyl groups is 1. The second kappa shape index (κ2) is 3.31. The molecule has 0 unspecified atom stereocenters. The Morgan fingerprint density at radius 2 is 1.79 bits per heavy atom. The zero-order valence-corrected chi connectivity index (χ0v) is 7.71. The highest BCUT2D eigenvalue weighted by atomic mass is 19.3. The van der Waals surface area contributed by atoms with Gasteiger partial charge in [-0.2, -0.15) is 0 Å². The average molecular weight is 198 g/mol. The minimum absolute atomic E-state index is 0.210. The highest BCUT2D eigenvalue weighted by molar-refractivity contribution is 5.30. The van der Waals surface area contributed by atoms with E-state index in [1.54, 1.807) is 24.3 Å². The van der Waals surface area contributed by atoms with Gasteiger partial charge in [0, 0.05) is 6.42 Å². The van der Waals surface area contributed by atoms with Crippen molar-refractivity contribution in [3.63, 3.8) is 0 Å². The van der Waals surface area contributed by atoms with Crippen LogP contribution in [-0.4, -0.2) is 11.5 Å². The minimum Gasteiger partial charge on any atom is -0.385 e. The molecule has 2 rings (SSSR count). The van der Waals surface area contributed by atoms with E-state index in [9.17, 15) is 13.9 Å². The van der Waals surface area contributed by atoms with Gasteiger partial charge in [0.25, 0.3) is 0 Å². The van der Waals surface area contributed by atoms with Gasteiger partial charge in [-0.15, -0.1) is 0 Å². The molecule has 1 saturated carbocycles. The van der Waals surface area contributed by atoms with E-state index in [1.807, 2.05) is 0 Å². The van der Waals surface area contributed by atoms with Crippen LogP contribution in [0.5, 0.6) is 0 Å². The Balaban J connectivity index is 2.10. The van der Waals surface area contributed by atoms with Crippen molar-refractivity contribution in [1.29, 1.82) is 0 Å². The number of halogens is 2. The van der Waals surface area contributed by atoms with Crippen molar-refractivity contribution in [3.05, 3.63) is 35.4 Å². The van der Waals surface area contributed by atoms with Crippen molar-refractivity contribution in [2.75, 3.05) is 0 Å². The van der Waals surface area contributed by atoms with Gasteiger partial charge >= 0.3 is 0 Å². The van der Waals surface area contributed by atoms with E-state index in [0.717, 1.165) is 18.4 Å². The van der Waals surface area contributed by atoms with Crippen molar-refractivity contribution in [2.24, 2.45) is 0 Å². The summed E-state index contributed by atoms with van der Waals surface area (Å²) < 4.78 is 24.0. The molecule has 1 fully saturated rings. The number of benzene rings is 1. The Morgan fingerprint density at radius 1 is 1.21 bits per heavy atom. The monoisotopic (exact) mass is 198 g/mol. The lowest BCUT2D eigenvalue weighted by atomic mass is 10.0. The Morgan fingerprint density at radius 3 is 2.21 bits per heavy atom. The Kier molecular flexibility index (Phi) is 2.27. The van der Waals surface area contributed by atoms with Crippen LogP contribution in [-0.2, 0) is 12.0 Å². The van der Waals surface area contributed by atoms with Gasteiger partial charge in [-0.05, 0) is 24.0 Å². The molecule has 1 aliphatic rings. The molecule has 14 heavy (non-hydrogen) atoms. The first-order valence-electron chi connectivity index (χ1n) is 4.70. The van der Waals surface area contributed by atoms with Gasteiger partial charge in [-0.1, -0.05) is 24.3 Å².